The van der Waals surface area contributed by atoms with Gasteiger partial charge in [0.05, 0.1) is 16.7 Å². The van der Waals surface area contributed by atoms with Crippen molar-refractivity contribution in [3.63, 3.8) is 0 Å². The van der Waals surface area contributed by atoms with Gasteiger partial charge in [-0.25, -0.2) is 8.42 Å². The molecule has 10 heteroatoms. The molecule has 0 radical (unpaired) electrons. The summed E-state index contributed by atoms with van der Waals surface area (Å²) in [6, 6.07) is 3.74. The van der Waals surface area contributed by atoms with Crippen molar-refractivity contribution in [2.24, 2.45) is 0 Å². The molecule has 0 amide bonds. The summed E-state index contributed by atoms with van der Waals surface area (Å²) in [4.78, 5) is -0.286. The molecule has 0 atom stereocenters. The fourth-order valence-electron chi connectivity index (χ4n) is 1.33. The Hall–Kier alpha value is -1.23. The zero-order chi connectivity index (χ0) is 13.6. The Balaban J connectivity index is 2.57. The molecule has 0 aliphatic heterocycles. The molecule has 0 saturated carbocycles. The number of hydrogen-bond donors (Lipinski definition) is 2. The largest absolute Gasteiger partial charge is 0.294 e. The quantitative estimate of drug-likeness (QED) is 0.815. The van der Waals surface area contributed by atoms with Gasteiger partial charge in [-0.2, -0.15) is 12.8 Å². The van der Waals surface area contributed by atoms with Crippen LogP contribution in [0.4, 0.5) is 5.00 Å². The van der Waals surface area contributed by atoms with Crippen molar-refractivity contribution in [2.45, 2.75) is 4.90 Å². The van der Waals surface area contributed by atoms with Crippen LogP contribution in [0.5, 0.6) is 0 Å². The number of benzene rings is 1. The molecule has 2 rings (SSSR count). The first kappa shape index (κ1) is 13.2. The first-order valence-electron chi connectivity index (χ1n) is 4.51. The van der Waals surface area contributed by atoms with Crippen molar-refractivity contribution in [3.05, 3.63) is 18.2 Å². The van der Waals surface area contributed by atoms with Gasteiger partial charge in [-0.05, 0) is 29.7 Å². The minimum absolute atomic E-state index is 0.286. The number of rotatable bonds is 3. The molecule has 0 aliphatic rings. The van der Waals surface area contributed by atoms with Crippen molar-refractivity contribution in [2.75, 3.05) is 11.0 Å². The van der Waals surface area contributed by atoms with E-state index in [0.29, 0.717) is 15.9 Å². The Morgan fingerprint density at radius 3 is 2.50 bits per heavy atom. The van der Waals surface area contributed by atoms with E-state index in [4.69, 9.17) is 4.55 Å². The lowest BCUT2D eigenvalue weighted by Crippen LogP contribution is -2.08. The van der Waals surface area contributed by atoms with Gasteiger partial charge in [-0.15, -0.1) is 0 Å². The van der Waals surface area contributed by atoms with Crippen LogP contribution in [0.3, 0.4) is 0 Å². The SMILES string of the molecule is CS(=O)(=O)Nc1snc2cc(S(=O)(=O)O)ccc12. The van der Waals surface area contributed by atoms with E-state index < -0.39 is 20.1 Å². The van der Waals surface area contributed by atoms with Crippen molar-refractivity contribution in [1.29, 1.82) is 0 Å². The lowest BCUT2D eigenvalue weighted by atomic mass is 10.2. The Morgan fingerprint density at radius 1 is 1.28 bits per heavy atom. The van der Waals surface area contributed by atoms with Gasteiger partial charge in [-0.3, -0.25) is 9.27 Å². The zero-order valence-electron chi connectivity index (χ0n) is 8.98. The Morgan fingerprint density at radius 2 is 1.94 bits per heavy atom. The van der Waals surface area contributed by atoms with Crippen LogP contribution in [-0.4, -0.2) is 32.0 Å². The lowest BCUT2D eigenvalue weighted by molar-refractivity contribution is 0.483. The van der Waals surface area contributed by atoms with E-state index >= 15 is 0 Å². The Bertz CT molecular complexity index is 806. The van der Waals surface area contributed by atoms with E-state index in [1.165, 1.54) is 18.2 Å². The minimum atomic E-state index is -4.29. The molecular formula is C8H8N2O5S3. The molecule has 0 aliphatic carbocycles. The molecule has 0 bridgehead atoms. The maximum Gasteiger partial charge on any atom is 0.294 e. The summed E-state index contributed by atoms with van der Waals surface area (Å²) in [5.74, 6) is 0. The average Bonchev–Trinajstić information content (AvgIpc) is 2.57. The van der Waals surface area contributed by atoms with Crippen molar-refractivity contribution in [1.82, 2.24) is 4.37 Å². The molecule has 2 N–H and O–H groups in total. The van der Waals surface area contributed by atoms with E-state index in [1.54, 1.807) is 0 Å². The number of fused-ring (bicyclic) bond motifs is 1. The van der Waals surface area contributed by atoms with Crippen LogP contribution in [0.25, 0.3) is 10.9 Å². The first-order chi connectivity index (χ1) is 8.17. The van der Waals surface area contributed by atoms with E-state index in [2.05, 4.69) is 9.10 Å². The summed E-state index contributed by atoms with van der Waals surface area (Å²) in [5.41, 5.74) is 0.293. The predicted octanol–water partition coefficient (Wildman–Crippen LogP) is 0.914. The van der Waals surface area contributed by atoms with Gasteiger partial charge in [0, 0.05) is 5.39 Å². The number of sulfonamides is 1. The third kappa shape index (κ3) is 2.77. The zero-order valence-corrected chi connectivity index (χ0v) is 11.4. The molecule has 0 unspecified atom stereocenters. The third-order valence-electron chi connectivity index (χ3n) is 2.03. The number of hydrogen-bond acceptors (Lipinski definition) is 6. The summed E-state index contributed by atoms with van der Waals surface area (Å²) >= 11 is 0.892. The van der Waals surface area contributed by atoms with E-state index in [1.807, 2.05) is 0 Å². The Labute approximate surface area is 107 Å². The van der Waals surface area contributed by atoms with Crippen LogP contribution in [-0.2, 0) is 20.1 Å². The molecule has 2 aromatic rings. The summed E-state index contributed by atoms with van der Waals surface area (Å²) < 4.78 is 59.1. The highest BCUT2D eigenvalue weighted by atomic mass is 32.2. The number of nitrogens with zero attached hydrogens (tertiary/aromatic N) is 1. The lowest BCUT2D eigenvalue weighted by Gasteiger charge is -2.00. The molecule has 0 spiro atoms. The van der Waals surface area contributed by atoms with Crippen molar-refractivity contribution < 1.29 is 21.4 Å². The van der Waals surface area contributed by atoms with Crippen LogP contribution in [0.15, 0.2) is 23.1 Å². The van der Waals surface area contributed by atoms with Gasteiger partial charge in [0.1, 0.15) is 5.00 Å². The topological polar surface area (TPSA) is 113 Å². The third-order valence-corrected chi connectivity index (χ3v) is 4.37. The molecule has 7 nitrogen and oxygen atoms in total. The van der Waals surface area contributed by atoms with Crippen LogP contribution < -0.4 is 4.72 Å². The molecule has 98 valence electrons. The second kappa shape index (κ2) is 4.16. The fraction of sp³-hybridized carbons (Fsp3) is 0.125. The molecular weight excluding hydrogens is 300 g/mol. The second-order valence-electron chi connectivity index (χ2n) is 3.54. The molecule has 1 aromatic heterocycles. The first-order valence-corrected chi connectivity index (χ1v) is 8.62. The summed E-state index contributed by atoms with van der Waals surface area (Å²) in [7, 11) is -7.72. The maximum absolute atomic E-state index is 11.1. The molecule has 1 aromatic carbocycles. The number of aromatic nitrogens is 1. The normalized spacial score (nSPS) is 12.8. The summed E-state index contributed by atoms with van der Waals surface area (Å²) in [6.07, 6.45) is 1.01. The monoisotopic (exact) mass is 308 g/mol. The van der Waals surface area contributed by atoms with Gasteiger partial charge in [0.2, 0.25) is 10.0 Å². The molecule has 0 fully saturated rings. The summed E-state index contributed by atoms with van der Waals surface area (Å²) in [5, 5.41) is 0.771. The van der Waals surface area contributed by atoms with Gasteiger partial charge >= 0.3 is 0 Å². The minimum Gasteiger partial charge on any atom is -0.282 e. The smallest absolute Gasteiger partial charge is 0.282 e. The standard InChI is InChI=1S/C8H8N2O5S3/c1-17(11,12)10-8-6-3-2-5(18(13,14)15)4-7(6)9-16-8/h2-4,10H,1H3,(H,13,14,15). The van der Waals surface area contributed by atoms with Crippen LogP contribution in [0.2, 0.25) is 0 Å². The fourth-order valence-corrected chi connectivity index (χ4v) is 3.49. The van der Waals surface area contributed by atoms with Gasteiger partial charge < -0.3 is 0 Å². The van der Waals surface area contributed by atoms with Crippen molar-refractivity contribution >= 4 is 47.6 Å². The van der Waals surface area contributed by atoms with Crippen molar-refractivity contribution in [3.8, 4) is 0 Å². The molecule has 18 heavy (non-hydrogen) atoms. The Kier molecular flexibility index (Phi) is 3.05. The van der Waals surface area contributed by atoms with Gasteiger partial charge in [-0.1, -0.05) is 0 Å². The number of anilines is 1. The van der Waals surface area contributed by atoms with E-state index in [-0.39, 0.29) is 4.90 Å². The van der Waals surface area contributed by atoms with Gasteiger partial charge in [0.25, 0.3) is 10.1 Å². The van der Waals surface area contributed by atoms with E-state index in [0.717, 1.165) is 17.8 Å². The highest BCUT2D eigenvalue weighted by molar-refractivity contribution is 7.92. The molecule has 1 heterocycles. The predicted molar refractivity (Wildman–Crippen MR) is 67.9 cm³/mol. The molecule has 0 saturated heterocycles. The van der Waals surface area contributed by atoms with Crippen LogP contribution >= 0.6 is 11.5 Å². The van der Waals surface area contributed by atoms with E-state index in [9.17, 15) is 16.8 Å². The van der Waals surface area contributed by atoms with Gasteiger partial charge in [0.15, 0.2) is 0 Å². The van der Waals surface area contributed by atoms with Crippen LogP contribution in [0, 0.1) is 0 Å². The average molecular weight is 308 g/mol. The highest BCUT2D eigenvalue weighted by Crippen LogP contribution is 2.29. The van der Waals surface area contributed by atoms with Crippen LogP contribution in [0.1, 0.15) is 0 Å². The number of nitrogens with one attached hydrogen (secondary N) is 1. The summed E-state index contributed by atoms with van der Waals surface area (Å²) in [6.45, 7) is 0. The second-order valence-corrected chi connectivity index (χ2v) is 7.48. The maximum atomic E-state index is 11.1. The highest BCUT2D eigenvalue weighted by Gasteiger charge is 2.14.